The van der Waals surface area contributed by atoms with Crippen molar-refractivity contribution in [2.45, 2.75) is 26.7 Å². The van der Waals surface area contributed by atoms with Crippen LogP contribution < -0.4 is 0 Å². The van der Waals surface area contributed by atoms with Crippen LogP contribution in [0, 0.1) is 0 Å². The molecule has 0 aliphatic carbocycles. The highest BCUT2D eigenvalue weighted by Crippen LogP contribution is 2.12. The van der Waals surface area contributed by atoms with Gasteiger partial charge in [-0.2, -0.15) is 0 Å². The predicted octanol–water partition coefficient (Wildman–Crippen LogP) is 1.44. The molecule has 0 aromatic rings. The fraction of sp³-hybridized carbons (Fsp3) is 0.364. The molecule has 0 heterocycles. The smallest absolute Gasteiger partial charge is 0.334 e. The maximum absolute atomic E-state index is 11.2. The van der Waals surface area contributed by atoms with Gasteiger partial charge in [-0.3, -0.25) is 9.59 Å². The van der Waals surface area contributed by atoms with Gasteiger partial charge in [0.2, 0.25) is 0 Å². The van der Waals surface area contributed by atoms with Crippen molar-refractivity contribution in [3.05, 3.63) is 24.0 Å². The molecular weight excluding hydrogens is 212 g/mol. The lowest BCUT2D eigenvalue weighted by atomic mass is 10.2. The van der Waals surface area contributed by atoms with Crippen molar-refractivity contribution in [1.29, 1.82) is 0 Å². The number of ether oxygens (including phenoxy) is 1. The third-order valence-corrected chi connectivity index (χ3v) is 1.70. The van der Waals surface area contributed by atoms with Crippen LogP contribution in [0.2, 0.25) is 0 Å². The van der Waals surface area contributed by atoms with Gasteiger partial charge in [0.05, 0.1) is 5.57 Å². The minimum atomic E-state index is -1.17. The lowest BCUT2D eigenvalue weighted by Crippen LogP contribution is -2.12. The Balaban J connectivity index is 4.76. The van der Waals surface area contributed by atoms with Crippen LogP contribution in [0.4, 0.5) is 0 Å². The molecule has 0 aromatic carbocycles. The van der Waals surface area contributed by atoms with Crippen molar-refractivity contribution >= 4 is 17.7 Å². The zero-order chi connectivity index (χ0) is 12.7. The lowest BCUT2D eigenvalue weighted by molar-refractivity contribution is -0.142. The second-order valence-corrected chi connectivity index (χ2v) is 3.20. The Kier molecular flexibility index (Phi) is 5.77. The fourth-order valence-electron chi connectivity index (χ4n) is 0.898. The van der Waals surface area contributed by atoms with E-state index in [2.05, 4.69) is 6.58 Å². The van der Waals surface area contributed by atoms with E-state index < -0.39 is 11.9 Å². The number of Topliss-reactive ketones (excluding diaryl/α,β-unsaturated/α-hetero) is 1. The minimum absolute atomic E-state index is 0.00810. The van der Waals surface area contributed by atoms with E-state index >= 15 is 0 Å². The zero-order valence-corrected chi connectivity index (χ0v) is 9.28. The second-order valence-electron chi connectivity index (χ2n) is 3.20. The Hall–Kier alpha value is -1.91. The van der Waals surface area contributed by atoms with Gasteiger partial charge in [-0.1, -0.05) is 6.08 Å². The molecule has 0 bridgehead atoms. The van der Waals surface area contributed by atoms with E-state index in [1.165, 1.54) is 19.9 Å². The van der Waals surface area contributed by atoms with Crippen LogP contribution in [-0.2, 0) is 19.1 Å². The largest absolute Gasteiger partial charge is 0.478 e. The summed E-state index contributed by atoms with van der Waals surface area (Å²) in [6, 6.07) is 0. The Morgan fingerprint density at radius 2 is 1.88 bits per heavy atom. The van der Waals surface area contributed by atoms with Gasteiger partial charge < -0.3 is 9.84 Å². The molecule has 0 spiro atoms. The van der Waals surface area contributed by atoms with Crippen LogP contribution in [0.1, 0.15) is 26.7 Å². The molecule has 0 aliphatic heterocycles. The van der Waals surface area contributed by atoms with Crippen LogP contribution in [0.5, 0.6) is 0 Å². The summed E-state index contributed by atoms with van der Waals surface area (Å²) < 4.78 is 4.79. The first-order valence-corrected chi connectivity index (χ1v) is 4.62. The van der Waals surface area contributed by atoms with Gasteiger partial charge in [0.15, 0.2) is 0 Å². The Bertz CT molecular complexity index is 351. The summed E-state index contributed by atoms with van der Waals surface area (Å²) in [7, 11) is 0. The third-order valence-electron chi connectivity index (χ3n) is 1.70. The van der Waals surface area contributed by atoms with Gasteiger partial charge in [0, 0.05) is 6.42 Å². The Morgan fingerprint density at radius 1 is 1.31 bits per heavy atom. The topological polar surface area (TPSA) is 80.7 Å². The monoisotopic (exact) mass is 226 g/mol. The van der Waals surface area contributed by atoms with Crippen LogP contribution in [0.15, 0.2) is 24.0 Å². The molecule has 0 amide bonds. The quantitative estimate of drug-likeness (QED) is 0.244. The maximum Gasteiger partial charge on any atom is 0.334 e. The minimum Gasteiger partial charge on any atom is -0.478 e. The zero-order valence-electron chi connectivity index (χ0n) is 9.28. The highest BCUT2D eigenvalue weighted by molar-refractivity contribution is 5.95. The van der Waals surface area contributed by atoms with E-state index in [1.807, 2.05) is 0 Å². The van der Waals surface area contributed by atoms with Crippen LogP contribution >= 0.6 is 0 Å². The summed E-state index contributed by atoms with van der Waals surface area (Å²) in [5.41, 5.74) is -0.0724. The van der Waals surface area contributed by atoms with Crippen molar-refractivity contribution < 1.29 is 24.2 Å². The number of carbonyl (C=O) groups excluding carboxylic acids is 2. The number of aliphatic carboxylic acids is 1. The van der Waals surface area contributed by atoms with Gasteiger partial charge in [-0.25, -0.2) is 4.79 Å². The molecule has 0 aliphatic rings. The van der Waals surface area contributed by atoms with Gasteiger partial charge in [-0.15, -0.1) is 6.58 Å². The van der Waals surface area contributed by atoms with Crippen molar-refractivity contribution in [3.63, 3.8) is 0 Å². The van der Waals surface area contributed by atoms with Gasteiger partial charge in [0.1, 0.15) is 18.0 Å². The molecule has 5 heteroatoms. The first kappa shape index (κ1) is 14.1. The molecule has 5 nitrogen and oxygen atoms in total. The Morgan fingerprint density at radius 3 is 2.25 bits per heavy atom. The van der Waals surface area contributed by atoms with Crippen LogP contribution in [0.25, 0.3) is 0 Å². The first-order valence-electron chi connectivity index (χ1n) is 4.62. The summed E-state index contributed by atoms with van der Waals surface area (Å²) in [5, 5.41) is 8.72. The molecule has 0 radical (unpaired) electrons. The summed E-state index contributed by atoms with van der Waals surface area (Å²) >= 11 is 0. The molecule has 0 fully saturated rings. The standard InChI is InChI=1S/C11H14O5/c1-4-5-9(8(3)11(14)15)16-10(13)6-7(2)12/h4H,1,5-6H2,2-3H3,(H,14,15). The number of hydrogen-bond donors (Lipinski definition) is 1. The third kappa shape index (κ3) is 5.09. The molecule has 16 heavy (non-hydrogen) atoms. The molecule has 88 valence electrons. The number of rotatable bonds is 6. The van der Waals surface area contributed by atoms with E-state index in [0.29, 0.717) is 0 Å². The number of carboxylic acid groups (broad SMARTS) is 1. The molecule has 1 N–H and O–H groups in total. The number of esters is 1. The van der Waals surface area contributed by atoms with E-state index in [1.54, 1.807) is 0 Å². The fourth-order valence-corrected chi connectivity index (χ4v) is 0.898. The maximum atomic E-state index is 11.2. The number of carboxylic acids is 1. The summed E-state index contributed by atoms with van der Waals surface area (Å²) in [5.74, 6) is -2.26. The number of hydrogen-bond acceptors (Lipinski definition) is 4. The second kappa shape index (κ2) is 6.55. The summed E-state index contributed by atoms with van der Waals surface area (Å²) in [6.07, 6.45) is 1.18. The number of allylic oxidation sites excluding steroid dienone is 1. The molecular formula is C11H14O5. The van der Waals surface area contributed by atoms with Crippen LogP contribution in [-0.4, -0.2) is 22.8 Å². The molecule has 0 unspecified atom stereocenters. The first-order chi connectivity index (χ1) is 7.38. The van der Waals surface area contributed by atoms with Crippen molar-refractivity contribution in [1.82, 2.24) is 0 Å². The van der Waals surface area contributed by atoms with E-state index in [-0.39, 0.29) is 30.0 Å². The average Bonchev–Trinajstić information content (AvgIpc) is 2.14. The lowest BCUT2D eigenvalue weighted by Gasteiger charge is -2.08. The van der Waals surface area contributed by atoms with Gasteiger partial charge in [-0.05, 0) is 13.8 Å². The average molecular weight is 226 g/mol. The van der Waals surface area contributed by atoms with Crippen molar-refractivity contribution in [3.8, 4) is 0 Å². The number of ketones is 1. The van der Waals surface area contributed by atoms with Crippen molar-refractivity contribution in [2.24, 2.45) is 0 Å². The molecule has 0 aromatic heterocycles. The SMILES string of the molecule is C=CCC(OC(=O)CC(C)=O)=C(C)C(=O)O. The normalized spacial score (nSPS) is 11.4. The summed E-state index contributed by atoms with van der Waals surface area (Å²) in [6.45, 7) is 6.00. The number of carbonyl (C=O) groups is 3. The molecule has 0 saturated carbocycles. The Labute approximate surface area is 93.4 Å². The van der Waals surface area contributed by atoms with E-state index in [9.17, 15) is 14.4 Å². The van der Waals surface area contributed by atoms with Gasteiger partial charge >= 0.3 is 11.9 Å². The van der Waals surface area contributed by atoms with E-state index in [4.69, 9.17) is 9.84 Å². The van der Waals surface area contributed by atoms with Crippen LogP contribution in [0.3, 0.4) is 0 Å². The molecule has 0 saturated heterocycles. The van der Waals surface area contributed by atoms with Gasteiger partial charge in [0.25, 0.3) is 0 Å². The molecule has 0 atom stereocenters. The highest BCUT2D eigenvalue weighted by Gasteiger charge is 2.14. The summed E-state index contributed by atoms with van der Waals surface area (Å²) in [4.78, 5) is 32.5. The van der Waals surface area contributed by atoms with E-state index in [0.717, 1.165) is 0 Å². The van der Waals surface area contributed by atoms with Crippen molar-refractivity contribution in [2.75, 3.05) is 0 Å². The molecule has 0 rings (SSSR count). The predicted molar refractivity (Wildman–Crippen MR) is 56.5 cm³/mol. The highest BCUT2D eigenvalue weighted by atomic mass is 16.5.